The fourth-order valence-electron chi connectivity index (χ4n) is 5.16. The highest BCUT2D eigenvalue weighted by Crippen LogP contribution is 2.57. The highest BCUT2D eigenvalue weighted by Gasteiger charge is 2.67. The highest BCUT2D eigenvalue weighted by molar-refractivity contribution is 5.99. The predicted octanol–water partition coefficient (Wildman–Crippen LogP) is 4.26. The number of Topliss-reactive ketones (excluding diaryl/α,β-unsaturated/α-hetero) is 1. The van der Waals surface area contributed by atoms with Gasteiger partial charge in [-0.2, -0.15) is 5.26 Å². The number of para-hydroxylation sites is 1. The molecule has 2 heterocycles. The topological polar surface area (TPSA) is 114 Å². The Bertz CT molecular complexity index is 1240. The van der Waals surface area contributed by atoms with Crippen LogP contribution < -0.4 is 4.90 Å². The Morgan fingerprint density at radius 1 is 1.15 bits per heavy atom. The lowest BCUT2D eigenvalue weighted by Gasteiger charge is -2.37. The largest absolute Gasteiger partial charge is 0.468 e. The number of anilines is 1. The Labute approximate surface area is 197 Å². The van der Waals surface area contributed by atoms with E-state index in [0.29, 0.717) is 5.56 Å². The van der Waals surface area contributed by atoms with E-state index in [1.54, 1.807) is 26.8 Å². The van der Waals surface area contributed by atoms with Crippen LogP contribution in [-0.2, 0) is 14.3 Å². The number of non-ortho nitro benzene ring substituents is 1. The third kappa shape index (κ3) is 3.27. The number of carbonyl (C=O) groups is 2. The van der Waals surface area contributed by atoms with Crippen LogP contribution in [0.15, 0.2) is 54.6 Å². The number of benzene rings is 2. The summed E-state index contributed by atoms with van der Waals surface area (Å²) in [5.41, 5.74) is -0.562. The summed E-state index contributed by atoms with van der Waals surface area (Å²) in [4.78, 5) is 39.9. The number of rotatable bonds is 4. The normalized spacial score (nSPS) is 25.1. The van der Waals surface area contributed by atoms with E-state index in [1.807, 2.05) is 35.2 Å². The van der Waals surface area contributed by atoms with Gasteiger partial charge >= 0.3 is 5.97 Å². The summed E-state index contributed by atoms with van der Waals surface area (Å²) in [6.45, 7) is 5.40. The number of nitriles is 1. The van der Waals surface area contributed by atoms with E-state index in [0.717, 1.165) is 11.3 Å². The number of hydrogen-bond acceptors (Lipinski definition) is 7. The van der Waals surface area contributed by atoms with Crippen molar-refractivity contribution >= 4 is 29.2 Å². The summed E-state index contributed by atoms with van der Waals surface area (Å²) < 4.78 is 5.15. The Kier molecular flexibility index (Phi) is 5.52. The minimum Gasteiger partial charge on any atom is -0.468 e. The van der Waals surface area contributed by atoms with Gasteiger partial charge in [-0.3, -0.25) is 19.7 Å². The summed E-state index contributed by atoms with van der Waals surface area (Å²) in [5.74, 6) is -1.81. The summed E-state index contributed by atoms with van der Waals surface area (Å²) in [6.07, 6.45) is 3.62. The first-order chi connectivity index (χ1) is 16.1. The van der Waals surface area contributed by atoms with Gasteiger partial charge in [-0.1, -0.05) is 63.3 Å². The number of methoxy groups -OCH3 is 1. The summed E-state index contributed by atoms with van der Waals surface area (Å²) in [7, 11) is 1.22. The van der Waals surface area contributed by atoms with Crippen molar-refractivity contribution in [3.63, 3.8) is 0 Å². The molecule has 2 aliphatic heterocycles. The van der Waals surface area contributed by atoms with Gasteiger partial charge in [0.25, 0.3) is 5.69 Å². The maximum atomic E-state index is 14.0. The predicted molar refractivity (Wildman–Crippen MR) is 126 cm³/mol. The standard InChI is InChI=1S/C26H25N3O5/c1-25(2,3)23(30)22-21(17-9-12-18(13-10-17)29(32)33)26(15-27,24(31)34-4)20-14-11-16-7-5-6-8-19(16)28(20)22/h5-14,20-22H,1-4H3/t20?,21-,22+,26-/m1/s1. The third-order valence-corrected chi connectivity index (χ3v) is 6.72. The molecule has 0 amide bonds. The number of carbonyl (C=O) groups excluding carboxylic acids is 2. The molecule has 1 fully saturated rings. The summed E-state index contributed by atoms with van der Waals surface area (Å²) in [6, 6.07) is 13.8. The van der Waals surface area contributed by atoms with Crippen molar-refractivity contribution in [1.29, 1.82) is 5.26 Å². The minimum absolute atomic E-state index is 0.121. The molecule has 2 aromatic carbocycles. The van der Waals surface area contributed by atoms with Crippen LogP contribution in [0.4, 0.5) is 11.4 Å². The van der Waals surface area contributed by atoms with Crippen LogP contribution in [0.3, 0.4) is 0 Å². The fraction of sp³-hybridized carbons (Fsp3) is 0.346. The van der Waals surface area contributed by atoms with Crippen LogP contribution in [0.1, 0.15) is 37.8 Å². The maximum absolute atomic E-state index is 14.0. The zero-order valence-corrected chi connectivity index (χ0v) is 19.4. The first-order valence-electron chi connectivity index (χ1n) is 10.9. The molecule has 0 radical (unpaired) electrons. The van der Waals surface area contributed by atoms with Gasteiger partial charge in [-0.15, -0.1) is 0 Å². The number of nitrogens with zero attached hydrogens (tertiary/aromatic N) is 3. The number of fused-ring (bicyclic) bond motifs is 3. The Morgan fingerprint density at radius 2 is 1.79 bits per heavy atom. The molecule has 0 saturated carbocycles. The fourth-order valence-corrected chi connectivity index (χ4v) is 5.16. The molecule has 4 atom stereocenters. The maximum Gasteiger partial charge on any atom is 0.329 e. The van der Waals surface area contributed by atoms with Crippen molar-refractivity contribution in [3.05, 3.63) is 75.8 Å². The molecule has 1 saturated heterocycles. The van der Waals surface area contributed by atoms with E-state index in [4.69, 9.17) is 4.74 Å². The minimum atomic E-state index is -1.75. The molecule has 0 N–H and O–H groups in total. The molecule has 0 spiro atoms. The molecular formula is C26H25N3O5. The molecule has 174 valence electrons. The summed E-state index contributed by atoms with van der Waals surface area (Å²) >= 11 is 0. The van der Waals surface area contributed by atoms with E-state index in [2.05, 4.69) is 6.07 Å². The quantitative estimate of drug-likeness (QED) is 0.381. The highest BCUT2D eigenvalue weighted by atomic mass is 16.6. The number of esters is 1. The lowest BCUT2D eigenvalue weighted by Crippen LogP contribution is -2.48. The number of ketones is 1. The number of ether oxygens (including phenoxy) is 1. The van der Waals surface area contributed by atoms with Gasteiger partial charge in [0.1, 0.15) is 0 Å². The second-order valence-corrected chi connectivity index (χ2v) is 9.63. The molecule has 2 aromatic rings. The van der Waals surface area contributed by atoms with Gasteiger partial charge in [0.2, 0.25) is 0 Å². The molecule has 34 heavy (non-hydrogen) atoms. The molecular weight excluding hydrogens is 434 g/mol. The van der Waals surface area contributed by atoms with Crippen LogP contribution in [0.25, 0.3) is 6.08 Å². The average Bonchev–Trinajstić information content (AvgIpc) is 3.13. The van der Waals surface area contributed by atoms with E-state index >= 15 is 0 Å². The Morgan fingerprint density at radius 3 is 2.35 bits per heavy atom. The molecule has 0 aromatic heterocycles. The van der Waals surface area contributed by atoms with Gasteiger partial charge in [-0.05, 0) is 17.2 Å². The van der Waals surface area contributed by atoms with Crippen molar-refractivity contribution in [2.75, 3.05) is 12.0 Å². The smallest absolute Gasteiger partial charge is 0.329 e. The molecule has 8 heteroatoms. The van der Waals surface area contributed by atoms with Gasteiger partial charge in [0.15, 0.2) is 11.2 Å². The van der Waals surface area contributed by atoms with E-state index < -0.39 is 39.7 Å². The van der Waals surface area contributed by atoms with Crippen molar-refractivity contribution in [1.82, 2.24) is 0 Å². The van der Waals surface area contributed by atoms with Crippen molar-refractivity contribution in [3.8, 4) is 6.07 Å². The lowest BCUT2D eigenvalue weighted by atomic mass is 9.67. The lowest BCUT2D eigenvalue weighted by molar-refractivity contribution is -0.384. The first kappa shape index (κ1) is 23.2. The SMILES string of the molecule is COC(=O)[C@]1(C#N)C2C=Cc3ccccc3N2[C@H](C(=O)C(C)(C)C)[C@H]1c1ccc([N+](=O)[O-])cc1. The summed E-state index contributed by atoms with van der Waals surface area (Å²) in [5, 5.41) is 21.8. The van der Waals surface area contributed by atoms with Gasteiger partial charge in [0, 0.05) is 29.2 Å². The Hall–Kier alpha value is -3.99. The molecule has 4 rings (SSSR count). The van der Waals surface area contributed by atoms with Gasteiger partial charge in [-0.25, -0.2) is 0 Å². The second kappa shape index (κ2) is 8.10. The van der Waals surface area contributed by atoms with Crippen LogP contribution in [0.2, 0.25) is 0 Å². The molecule has 1 unspecified atom stereocenters. The van der Waals surface area contributed by atoms with Crippen LogP contribution in [-0.4, -0.2) is 35.9 Å². The van der Waals surface area contributed by atoms with Gasteiger partial charge in [0.05, 0.1) is 30.2 Å². The zero-order chi connectivity index (χ0) is 24.8. The van der Waals surface area contributed by atoms with Crippen molar-refractivity contribution in [2.24, 2.45) is 10.8 Å². The zero-order valence-electron chi connectivity index (χ0n) is 19.4. The number of nitro groups is 1. The average molecular weight is 460 g/mol. The molecule has 8 nitrogen and oxygen atoms in total. The van der Waals surface area contributed by atoms with Gasteiger partial charge < -0.3 is 9.64 Å². The van der Waals surface area contributed by atoms with Crippen molar-refractivity contribution in [2.45, 2.75) is 38.8 Å². The monoisotopic (exact) mass is 459 g/mol. The third-order valence-electron chi connectivity index (χ3n) is 6.72. The van der Waals surface area contributed by atoms with Crippen LogP contribution in [0.5, 0.6) is 0 Å². The van der Waals surface area contributed by atoms with Crippen LogP contribution >= 0.6 is 0 Å². The number of hydrogen-bond donors (Lipinski definition) is 0. The second-order valence-electron chi connectivity index (χ2n) is 9.63. The van der Waals surface area contributed by atoms with Crippen LogP contribution in [0, 0.1) is 32.3 Å². The number of nitro benzene ring substituents is 1. The molecule has 0 aliphatic carbocycles. The molecule has 0 bridgehead atoms. The van der Waals surface area contributed by atoms with E-state index in [1.165, 1.54) is 31.4 Å². The first-order valence-corrected chi connectivity index (χ1v) is 10.9. The molecule has 2 aliphatic rings. The van der Waals surface area contributed by atoms with E-state index in [9.17, 15) is 25.0 Å². The van der Waals surface area contributed by atoms with Crippen molar-refractivity contribution < 1.29 is 19.2 Å². The van der Waals surface area contributed by atoms with E-state index in [-0.39, 0.29) is 11.5 Å². The Balaban J connectivity index is 2.04.